The molecule has 8 heteroatoms. The third-order valence-corrected chi connectivity index (χ3v) is 5.34. The van der Waals surface area contributed by atoms with Crippen molar-refractivity contribution in [3.63, 3.8) is 0 Å². The van der Waals surface area contributed by atoms with Crippen LogP contribution in [0.4, 0.5) is 0 Å². The molecule has 0 aliphatic rings. The normalized spacial score (nSPS) is 12.1. The second-order valence-electron chi connectivity index (χ2n) is 7.73. The molecular formula is C23H25N7O. The molecule has 3 heterocycles. The first-order chi connectivity index (χ1) is 14.9. The van der Waals surface area contributed by atoms with E-state index in [1.165, 1.54) is 0 Å². The van der Waals surface area contributed by atoms with E-state index in [0.717, 1.165) is 22.4 Å². The van der Waals surface area contributed by atoms with E-state index in [1.807, 2.05) is 36.4 Å². The predicted octanol–water partition coefficient (Wildman–Crippen LogP) is 2.70. The Labute approximate surface area is 180 Å². The number of aromatic nitrogens is 5. The van der Waals surface area contributed by atoms with Gasteiger partial charge in [0.2, 0.25) is 0 Å². The Hall–Kier alpha value is -3.81. The summed E-state index contributed by atoms with van der Waals surface area (Å²) in [5.74, 6) is 1.26. The molecule has 0 spiro atoms. The molecule has 0 amide bonds. The molecule has 3 aromatic heterocycles. The molecule has 31 heavy (non-hydrogen) atoms. The van der Waals surface area contributed by atoms with Crippen molar-refractivity contribution in [1.29, 1.82) is 0 Å². The minimum Gasteiger partial charge on any atom is -0.384 e. The topological polar surface area (TPSA) is 104 Å². The molecule has 2 N–H and O–H groups in total. The number of pyridine rings is 1. The Bertz CT molecular complexity index is 1330. The fourth-order valence-electron chi connectivity index (χ4n) is 3.61. The van der Waals surface area contributed by atoms with E-state index >= 15 is 0 Å². The van der Waals surface area contributed by atoms with Crippen molar-refractivity contribution in [3.8, 4) is 11.4 Å². The smallest absolute Gasteiger partial charge is 0.330 e. The molecule has 0 fully saturated rings. The number of aliphatic imine (C=N–C) groups is 1. The second kappa shape index (κ2) is 8.14. The van der Waals surface area contributed by atoms with Crippen molar-refractivity contribution in [1.82, 2.24) is 24.1 Å². The number of fused-ring (bicyclic) bond motifs is 1. The molecule has 0 unspecified atom stereocenters. The van der Waals surface area contributed by atoms with Gasteiger partial charge in [-0.2, -0.15) is 0 Å². The van der Waals surface area contributed by atoms with Gasteiger partial charge in [0.1, 0.15) is 11.4 Å². The summed E-state index contributed by atoms with van der Waals surface area (Å²) in [5, 5.41) is 0. The van der Waals surface area contributed by atoms with Crippen molar-refractivity contribution >= 4 is 17.0 Å². The molecule has 0 aliphatic heterocycles. The lowest BCUT2D eigenvalue weighted by atomic mass is 10.0. The number of hydrogen-bond acceptors (Lipinski definition) is 5. The lowest BCUT2D eigenvalue weighted by molar-refractivity contribution is 0.731. The van der Waals surface area contributed by atoms with Crippen molar-refractivity contribution in [3.05, 3.63) is 76.1 Å². The average Bonchev–Trinajstić information content (AvgIpc) is 3.03. The first-order valence-corrected chi connectivity index (χ1v) is 10.1. The van der Waals surface area contributed by atoms with Crippen LogP contribution in [0.1, 0.15) is 36.6 Å². The number of benzene rings is 1. The van der Waals surface area contributed by atoms with Crippen molar-refractivity contribution in [2.24, 2.45) is 17.8 Å². The zero-order chi connectivity index (χ0) is 22.1. The van der Waals surface area contributed by atoms with Crippen LogP contribution in [0, 0.1) is 0 Å². The lowest BCUT2D eigenvalue weighted by Crippen LogP contribution is -2.23. The number of nitrogens with zero attached hydrogens (tertiary/aromatic N) is 6. The van der Waals surface area contributed by atoms with Crippen molar-refractivity contribution in [2.45, 2.75) is 26.3 Å². The van der Waals surface area contributed by atoms with Crippen molar-refractivity contribution in [2.75, 3.05) is 7.05 Å². The molecule has 0 bridgehead atoms. The highest BCUT2D eigenvalue weighted by Crippen LogP contribution is 2.25. The quantitative estimate of drug-likeness (QED) is 0.399. The lowest BCUT2D eigenvalue weighted by Gasteiger charge is -2.10. The second-order valence-corrected chi connectivity index (χ2v) is 7.73. The summed E-state index contributed by atoms with van der Waals surface area (Å²) < 4.78 is 3.24. The summed E-state index contributed by atoms with van der Waals surface area (Å²) in [7, 11) is 3.39. The summed E-state index contributed by atoms with van der Waals surface area (Å²) in [6.07, 6.45) is 3.48. The molecule has 4 aromatic rings. The van der Waals surface area contributed by atoms with Gasteiger partial charge in [-0.05, 0) is 23.6 Å². The third kappa shape index (κ3) is 3.72. The maximum atomic E-state index is 12.9. The maximum Gasteiger partial charge on any atom is 0.330 e. The van der Waals surface area contributed by atoms with Gasteiger partial charge in [-0.25, -0.2) is 14.8 Å². The zero-order valence-corrected chi connectivity index (χ0v) is 18.1. The highest BCUT2D eigenvalue weighted by molar-refractivity contribution is 5.97. The minimum absolute atomic E-state index is 0.143. The van der Waals surface area contributed by atoms with Crippen LogP contribution in [0.3, 0.4) is 0 Å². The molecule has 0 saturated heterocycles. The monoisotopic (exact) mass is 415 g/mol. The van der Waals surface area contributed by atoms with Gasteiger partial charge < -0.3 is 5.73 Å². The van der Waals surface area contributed by atoms with Crippen LogP contribution in [0.5, 0.6) is 0 Å². The molecule has 0 radical (unpaired) electrons. The van der Waals surface area contributed by atoms with Gasteiger partial charge in [0.15, 0.2) is 11.5 Å². The number of nitrogens with two attached hydrogens (primary N) is 1. The minimum atomic E-state index is -0.143. The van der Waals surface area contributed by atoms with Gasteiger partial charge in [-0.3, -0.25) is 19.1 Å². The van der Waals surface area contributed by atoms with Crippen LogP contribution in [0.15, 0.2) is 58.6 Å². The number of aryl methyl sites for hydroxylation is 1. The maximum absolute atomic E-state index is 12.9. The van der Waals surface area contributed by atoms with Crippen LogP contribution < -0.4 is 11.4 Å². The Kier molecular flexibility index (Phi) is 5.37. The van der Waals surface area contributed by atoms with E-state index in [-0.39, 0.29) is 11.6 Å². The van der Waals surface area contributed by atoms with Gasteiger partial charge in [-0.1, -0.05) is 38.1 Å². The summed E-state index contributed by atoms with van der Waals surface area (Å²) in [6.45, 7) is 4.56. The van der Waals surface area contributed by atoms with Crippen LogP contribution in [0.2, 0.25) is 0 Å². The summed E-state index contributed by atoms with van der Waals surface area (Å²) >= 11 is 0. The Balaban J connectivity index is 1.80. The predicted molar refractivity (Wildman–Crippen MR) is 122 cm³/mol. The van der Waals surface area contributed by atoms with Gasteiger partial charge in [0, 0.05) is 31.4 Å². The molecule has 0 atom stereocenters. The molecule has 158 valence electrons. The van der Waals surface area contributed by atoms with Gasteiger partial charge in [0.25, 0.3) is 0 Å². The first kappa shape index (κ1) is 20.5. The fraction of sp³-hybridized carbons (Fsp3) is 0.261. The molecule has 1 aromatic carbocycles. The molecule has 8 nitrogen and oxygen atoms in total. The zero-order valence-electron chi connectivity index (χ0n) is 18.1. The number of imidazole rings is 1. The van der Waals surface area contributed by atoms with E-state index < -0.39 is 0 Å². The Morgan fingerprint density at radius 1 is 1.16 bits per heavy atom. The van der Waals surface area contributed by atoms with E-state index in [0.29, 0.717) is 29.4 Å². The van der Waals surface area contributed by atoms with E-state index in [9.17, 15) is 4.79 Å². The van der Waals surface area contributed by atoms with Crippen LogP contribution >= 0.6 is 0 Å². The van der Waals surface area contributed by atoms with Crippen molar-refractivity contribution < 1.29 is 0 Å². The van der Waals surface area contributed by atoms with Gasteiger partial charge in [-0.15, -0.1) is 0 Å². The fourth-order valence-corrected chi connectivity index (χ4v) is 3.61. The van der Waals surface area contributed by atoms with Gasteiger partial charge in [0.05, 0.1) is 18.4 Å². The highest BCUT2D eigenvalue weighted by Gasteiger charge is 2.17. The first-order valence-electron chi connectivity index (χ1n) is 10.1. The van der Waals surface area contributed by atoms with Crippen LogP contribution in [-0.2, 0) is 13.6 Å². The standard InChI is InChI=1S/C23H25N7O/c1-14(2)19-17(6-5-11-26-19)21-27-12-18-22(28-21)30(23(31)29(18)4)13-15-7-9-16(10-8-15)20(24)25-3/h5-12,14H,13H2,1-4H3,(H2,24,25). The Morgan fingerprint density at radius 3 is 2.58 bits per heavy atom. The third-order valence-electron chi connectivity index (χ3n) is 5.34. The van der Waals surface area contributed by atoms with E-state index in [2.05, 4.69) is 28.8 Å². The summed E-state index contributed by atoms with van der Waals surface area (Å²) in [6, 6.07) is 11.5. The molecule has 4 rings (SSSR count). The summed E-state index contributed by atoms with van der Waals surface area (Å²) in [5.41, 5.74) is 10.6. The molecular weight excluding hydrogens is 390 g/mol. The highest BCUT2D eigenvalue weighted by atomic mass is 16.1. The van der Waals surface area contributed by atoms with Crippen LogP contribution in [-0.4, -0.2) is 37.0 Å². The average molecular weight is 416 g/mol. The number of hydrogen-bond donors (Lipinski definition) is 1. The molecule has 0 saturated carbocycles. The van der Waals surface area contributed by atoms with E-state index in [4.69, 9.17) is 10.7 Å². The van der Waals surface area contributed by atoms with E-state index in [1.54, 1.807) is 35.6 Å². The van der Waals surface area contributed by atoms with Crippen LogP contribution in [0.25, 0.3) is 22.6 Å². The summed E-state index contributed by atoms with van der Waals surface area (Å²) in [4.78, 5) is 30.8. The SMILES string of the molecule is CN=C(N)c1ccc(Cn2c(=O)n(C)c3cnc(-c4cccnc4C(C)C)nc32)cc1. The number of amidine groups is 1. The molecule has 0 aliphatic carbocycles. The van der Waals surface area contributed by atoms with Gasteiger partial charge >= 0.3 is 5.69 Å². The number of rotatable bonds is 5. The largest absolute Gasteiger partial charge is 0.384 e. The Morgan fingerprint density at radius 2 is 1.90 bits per heavy atom.